The molecule has 1 saturated heterocycles. The Bertz CT molecular complexity index is 1180. The van der Waals surface area contributed by atoms with E-state index < -0.39 is 42.2 Å². The van der Waals surface area contributed by atoms with Crippen molar-refractivity contribution in [1.29, 1.82) is 0 Å². The number of nitrogens with two attached hydrogens (primary N) is 2. The fourth-order valence-electron chi connectivity index (χ4n) is 3.57. The van der Waals surface area contributed by atoms with E-state index in [0.29, 0.717) is 5.69 Å². The normalized spacial score (nSPS) is 20.4. The summed E-state index contributed by atoms with van der Waals surface area (Å²) in [5.41, 5.74) is 11.4. The Morgan fingerprint density at radius 2 is 2.00 bits per heavy atom. The third kappa shape index (κ3) is 4.43. The number of hydrogen-bond donors (Lipinski definition) is 3. The van der Waals surface area contributed by atoms with Crippen molar-refractivity contribution in [3.8, 4) is 10.6 Å². The van der Waals surface area contributed by atoms with Gasteiger partial charge in [-0.2, -0.15) is 5.10 Å². The number of hydrogen-bond acceptors (Lipinski definition) is 7. The predicted molar refractivity (Wildman–Crippen MR) is 114 cm³/mol. The Morgan fingerprint density at radius 3 is 2.70 bits per heavy atom. The van der Waals surface area contributed by atoms with Gasteiger partial charge < -0.3 is 21.5 Å². The first-order chi connectivity index (χ1) is 15.6. The molecule has 176 valence electrons. The van der Waals surface area contributed by atoms with Gasteiger partial charge in [-0.3, -0.25) is 9.48 Å². The quantitative estimate of drug-likeness (QED) is 0.488. The van der Waals surface area contributed by atoms with E-state index in [0.717, 1.165) is 23.5 Å². The number of aryl methyl sites for hydroxylation is 1. The van der Waals surface area contributed by atoms with Crippen molar-refractivity contribution in [1.82, 2.24) is 14.8 Å². The van der Waals surface area contributed by atoms with E-state index in [-0.39, 0.29) is 39.8 Å². The van der Waals surface area contributed by atoms with Crippen LogP contribution < -0.4 is 16.8 Å². The topological polar surface area (TPSA) is 121 Å². The Labute approximate surface area is 189 Å². The molecule has 2 aromatic heterocycles. The summed E-state index contributed by atoms with van der Waals surface area (Å²) >= 11 is 0.758. The van der Waals surface area contributed by atoms with Crippen LogP contribution in [0.2, 0.25) is 0 Å². The summed E-state index contributed by atoms with van der Waals surface area (Å²) in [5, 5.41) is 6.52. The first-order valence-electron chi connectivity index (χ1n) is 9.87. The molecular formula is C20H20F4N6O2S. The molecule has 2 atom stereocenters. The van der Waals surface area contributed by atoms with Crippen LogP contribution in [0.25, 0.3) is 10.6 Å². The van der Waals surface area contributed by atoms with Gasteiger partial charge in [0.15, 0.2) is 5.69 Å². The van der Waals surface area contributed by atoms with Gasteiger partial charge in [0.2, 0.25) is 0 Å². The number of nitrogen functional groups attached to an aromatic ring is 1. The van der Waals surface area contributed by atoms with E-state index in [2.05, 4.69) is 15.4 Å². The van der Waals surface area contributed by atoms with E-state index in [4.69, 9.17) is 16.2 Å². The molecule has 5 N–H and O–H groups in total. The number of nitrogens with zero attached hydrogens (tertiary/aromatic N) is 3. The van der Waals surface area contributed by atoms with Gasteiger partial charge in [0.05, 0.1) is 29.2 Å². The van der Waals surface area contributed by atoms with Crippen LogP contribution in [0.4, 0.5) is 28.3 Å². The zero-order chi connectivity index (χ0) is 23.9. The Balaban J connectivity index is 1.59. The van der Waals surface area contributed by atoms with E-state index in [9.17, 15) is 22.4 Å². The molecule has 0 saturated carbocycles. The molecule has 1 aliphatic heterocycles. The van der Waals surface area contributed by atoms with E-state index in [1.165, 1.54) is 16.9 Å². The van der Waals surface area contributed by atoms with Gasteiger partial charge in [0.1, 0.15) is 34.4 Å². The highest BCUT2D eigenvalue weighted by molar-refractivity contribution is 7.19. The number of rotatable bonds is 4. The Morgan fingerprint density at radius 1 is 1.30 bits per heavy atom. The lowest BCUT2D eigenvalue weighted by Gasteiger charge is -2.20. The molecule has 1 amide bonds. The number of aromatic nitrogens is 3. The fraction of sp³-hybridized carbons (Fsp3) is 0.350. The molecule has 1 aromatic carbocycles. The van der Waals surface area contributed by atoms with Gasteiger partial charge >= 0.3 is 0 Å². The summed E-state index contributed by atoms with van der Waals surface area (Å²) < 4.78 is 62.9. The van der Waals surface area contributed by atoms with Crippen molar-refractivity contribution in [2.75, 3.05) is 17.7 Å². The van der Waals surface area contributed by atoms with Gasteiger partial charge in [0, 0.05) is 7.05 Å². The minimum Gasteiger partial charge on any atom is -0.389 e. The van der Waals surface area contributed by atoms with E-state index >= 15 is 0 Å². The molecule has 0 bridgehead atoms. The van der Waals surface area contributed by atoms with Crippen LogP contribution in [-0.4, -0.2) is 39.2 Å². The standard InChI is InChI=1S/C20H20F4N6O2S/c1-30-16(12-5-6-13(25)20(23,24)8-32-12)11(7-27-30)28-18(31)15-17(26)33-19(29-15)14-9(21)3-2-4-10(14)22/h2-4,7,12-13H,5-6,8,25-26H2,1H3,(H,28,31). The average molecular weight is 484 g/mol. The molecule has 0 spiro atoms. The number of anilines is 2. The van der Waals surface area contributed by atoms with Crippen LogP contribution in [0.5, 0.6) is 0 Å². The lowest BCUT2D eigenvalue weighted by molar-refractivity contribution is -0.0975. The van der Waals surface area contributed by atoms with E-state index in [1.807, 2.05) is 0 Å². The van der Waals surface area contributed by atoms with Crippen molar-refractivity contribution >= 4 is 27.9 Å². The Kier molecular flexibility index (Phi) is 6.12. The van der Waals surface area contributed by atoms with Crippen LogP contribution in [0.1, 0.15) is 35.1 Å². The molecule has 3 heterocycles. The first kappa shape index (κ1) is 23.1. The molecule has 1 aliphatic rings. The fourth-order valence-corrected chi connectivity index (χ4v) is 4.45. The number of carbonyl (C=O) groups excluding carboxylic acids is 1. The van der Waals surface area contributed by atoms with Gasteiger partial charge in [-0.25, -0.2) is 22.5 Å². The molecule has 2 unspecified atom stereocenters. The Hall–Kier alpha value is -3.03. The maximum absolute atomic E-state index is 14.1. The smallest absolute Gasteiger partial charge is 0.285 e. The third-order valence-electron chi connectivity index (χ3n) is 5.34. The zero-order valence-corrected chi connectivity index (χ0v) is 18.1. The minimum absolute atomic E-state index is 0.00678. The molecule has 3 aromatic rings. The maximum Gasteiger partial charge on any atom is 0.285 e. The molecule has 13 heteroatoms. The highest BCUT2D eigenvalue weighted by Gasteiger charge is 2.42. The second-order valence-corrected chi connectivity index (χ2v) is 8.62. The molecule has 0 aliphatic carbocycles. The number of amides is 1. The summed E-state index contributed by atoms with van der Waals surface area (Å²) in [4.78, 5) is 16.9. The first-order valence-corrected chi connectivity index (χ1v) is 10.7. The predicted octanol–water partition coefficient (Wildman–Crippen LogP) is 3.47. The van der Waals surface area contributed by atoms with Crippen LogP contribution >= 0.6 is 11.3 Å². The summed E-state index contributed by atoms with van der Waals surface area (Å²) in [7, 11) is 1.58. The second kappa shape index (κ2) is 8.72. The number of nitrogens with one attached hydrogen (secondary N) is 1. The number of benzene rings is 1. The van der Waals surface area contributed by atoms with E-state index in [1.54, 1.807) is 7.05 Å². The van der Waals surface area contributed by atoms with Gasteiger partial charge in [-0.1, -0.05) is 17.4 Å². The summed E-state index contributed by atoms with van der Waals surface area (Å²) in [5.74, 6) is -5.61. The van der Waals surface area contributed by atoms with Crippen LogP contribution in [0, 0.1) is 11.6 Å². The molecular weight excluding hydrogens is 464 g/mol. The zero-order valence-electron chi connectivity index (χ0n) is 17.3. The lowest BCUT2D eigenvalue weighted by Crippen LogP contribution is -2.42. The van der Waals surface area contributed by atoms with Gasteiger partial charge in [-0.05, 0) is 25.0 Å². The largest absolute Gasteiger partial charge is 0.389 e. The molecule has 1 fully saturated rings. The van der Waals surface area contributed by atoms with Crippen molar-refractivity contribution in [2.24, 2.45) is 12.8 Å². The minimum atomic E-state index is -3.18. The number of halogens is 4. The second-order valence-electron chi connectivity index (χ2n) is 7.59. The molecule has 33 heavy (non-hydrogen) atoms. The highest BCUT2D eigenvalue weighted by atomic mass is 32.1. The molecule has 4 rings (SSSR count). The molecule has 8 nitrogen and oxygen atoms in total. The highest BCUT2D eigenvalue weighted by Crippen LogP contribution is 2.37. The van der Waals surface area contributed by atoms with Crippen molar-refractivity contribution < 1.29 is 27.1 Å². The van der Waals surface area contributed by atoms with Crippen molar-refractivity contribution in [3.05, 3.63) is 47.4 Å². The number of alkyl halides is 2. The van der Waals surface area contributed by atoms with Crippen LogP contribution in [-0.2, 0) is 11.8 Å². The third-order valence-corrected chi connectivity index (χ3v) is 6.24. The van der Waals surface area contributed by atoms with Crippen LogP contribution in [0.3, 0.4) is 0 Å². The monoisotopic (exact) mass is 484 g/mol. The molecule has 0 radical (unpaired) electrons. The van der Waals surface area contributed by atoms with Gasteiger partial charge in [0.25, 0.3) is 11.8 Å². The van der Waals surface area contributed by atoms with Crippen molar-refractivity contribution in [2.45, 2.75) is 30.9 Å². The van der Waals surface area contributed by atoms with Crippen LogP contribution in [0.15, 0.2) is 24.4 Å². The van der Waals surface area contributed by atoms with Crippen molar-refractivity contribution in [3.63, 3.8) is 0 Å². The average Bonchev–Trinajstić information content (AvgIpc) is 3.26. The summed E-state index contributed by atoms with van der Waals surface area (Å²) in [6.07, 6.45) is 0.740. The lowest BCUT2D eigenvalue weighted by atomic mass is 10.0. The summed E-state index contributed by atoms with van der Waals surface area (Å²) in [6.45, 7) is -0.867. The SMILES string of the molecule is Cn1ncc(NC(=O)c2nc(-c3c(F)cccc3F)sc2N)c1C1CCC(N)C(F)(F)CO1. The van der Waals surface area contributed by atoms with Gasteiger partial charge in [-0.15, -0.1) is 0 Å². The maximum atomic E-state index is 14.1. The number of ether oxygens (including phenoxy) is 1. The summed E-state index contributed by atoms with van der Waals surface area (Å²) in [6, 6.07) is 2.00. The number of carbonyl (C=O) groups is 1. The number of thiazole rings is 1.